The molecule has 0 saturated carbocycles. The lowest BCUT2D eigenvalue weighted by Gasteiger charge is -2.47. The van der Waals surface area contributed by atoms with Crippen LogP contribution in [0, 0.1) is 0 Å². The van der Waals surface area contributed by atoms with E-state index in [1.54, 1.807) is 0 Å². The summed E-state index contributed by atoms with van der Waals surface area (Å²) in [4.78, 5) is 6.29. The largest absolute Gasteiger partial charge is 0.386 e. The molecule has 0 spiro atoms. The molecule has 1 N–H and O–H groups in total. The van der Waals surface area contributed by atoms with Crippen LogP contribution in [-0.2, 0) is 0 Å². The maximum atomic E-state index is 9.51. The molecule has 2 rings (SSSR count). The summed E-state index contributed by atoms with van der Waals surface area (Å²) >= 11 is 0. The van der Waals surface area contributed by atoms with Crippen molar-refractivity contribution in [1.82, 2.24) is 4.90 Å². The summed E-state index contributed by atoms with van der Waals surface area (Å²) in [7, 11) is 0. The van der Waals surface area contributed by atoms with Gasteiger partial charge in [0.25, 0.3) is 0 Å². The van der Waals surface area contributed by atoms with E-state index in [9.17, 15) is 5.11 Å². The SMILES string of the molecule is CC1(O)CN(C2=CN=CCC2)C1. The number of aliphatic imine (C=N–C) groups is 1. The van der Waals surface area contributed by atoms with Crippen molar-refractivity contribution in [3.63, 3.8) is 0 Å². The van der Waals surface area contributed by atoms with E-state index in [4.69, 9.17) is 0 Å². The molecule has 66 valence electrons. The third kappa shape index (κ3) is 1.37. The molecule has 0 aromatic heterocycles. The molecular weight excluding hydrogens is 152 g/mol. The maximum absolute atomic E-state index is 9.51. The Bertz CT molecular complexity index is 235. The third-order valence-corrected chi connectivity index (χ3v) is 2.33. The van der Waals surface area contributed by atoms with Crippen molar-refractivity contribution in [1.29, 1.82) is 0 Å². The van der Waals surface area contributed by atoms with Gasteiger partial charge in [-0.1, -0.05) is 0 Å². The predicted octanol–water partition coefficient (Wildman–Crippen LogP) is 0.759. The first-order valence-electron chi connectivity index (χ1n) is 4.35. The molecule has 3 nitrogen and oxygen atoms in total. The Kier molecular flexibility index (Phi) is 1.68. The number of nitrogens with zero attached hydrogens (tertiary/aromatic N) is 2. The van der Waals surface area contributed by atoms with E-state index in [2.05, 4.69) is 9.89 Å². The van der Waals surface area contributed by atoms with Crippen molar-refractivity contribution in [3.05, 3.63) is 11.9 Å². The predicted molar refractivity (Wildman–Crippen MR) is 48.0 cm³/mol. The molecule has 0 bridgehead atoms. The van der Waals surface area contributed by atoms with Crippen LogP contribution in [0.4, 0.5) is 0 Å². The van der Waals surface area contributed by atoms with Crippen LogP contribution in [0.15, 0.2) is 16.9 Å². The van der Waals surface area contributed by atoms with E-state index in [1.807, 2.05) is 19.3 Å². The van der Waals surface area contributed by atoms with Gasteiger partial charge in [0, 0.05) is 31.2 Å². The zero-order valence-corrected chi connectivity index (χ0v) is 7.32. The molecule has 1 fully saturated rings. The summed E-state index contributed by atoms with van der Waals surface area (Å²) < 4.78 is 0. The Morgan fingerprint density at radius 3 is 2.83 bits per heavy atom. The standard InChI is InChI=1S/C9H14N2O/c1-9(12)6-11(7-9)8-3-2-4-10-5-8/h4-5,12H,2-3,6-7H2,1H3. The van der Waals surface area contributed by atoms with Crippen LogP contribution in [0.1, 0.15) is 19.8 Å². The van der Waals surface area contributed by atoms with E-state index in [0.717, 1.165) is 25.9 Å². The number of aliphatic hydroxyl groups is 1. The van der Waals surface area contributed by atoms with Gasteiger partial charge < -0.3 is 10.0 Å². The summed E-state index contributed by atoms with van der Waals surface area (Å²) in [5.41, 5.74) is 0.797. The van der Waals surface area contributed by atoms with Crippen LogP contribution in [0.25, 0.3) is 0 Å². The Morgan fingerprint density at radius 1 is 1.58 bits per heavy atom. The second-order valence-electron chi connectivity index (χ2n) is 3.84. The molecule has 2 aliphatic rings. The summed E-state index contributed by atoms with van der Waals surface area (Å²) in [5.74, 6) is 0. The van der Waals surface area contributed by atoms with Gasteiger partial charge in [-0.3, -0.25) is 4.99 Å². The first-order valence-corrected chi connectivity index (χ1v) is 4.35. The van der Waals surface area contributed by atoms with E-state index in [-0.39, 0.29) is 0 Å². The Hall–Kier alpha value is -0.830. The van der Waals surface area contributed by atoms with Crippen molar-refractivity contribution >= 4 is 6.21 Å². The molecule has 0 atom stereocenters. The first-order chi connectivity index (χ1) is 5.67. The van der Waals surface area contributed by atoms with Gasteiger partial charge in [0.1, 0.15) is 0 Å². The van der Waals surface area contributed by atoms with Crippen LogP contribution in [0.3, 0.4) is 0 Å². The van der Waals surface area contributed by atoms with Gasteiger partial charge in [-0.15, -0.1) is 0 Å². The number of allylic oxidation sites excluding steroid dienone is 1. The number of likely N-dealkylation sites (tertiary alicyclic amines) is 1. The van der Waals surface area contributed by atoms with Crippen molar-refractivity contribution < 1.29 is 5.11 Å². The normalized spacial score (nSPS) is 26.5. The highest BCUT2D eigenvalue weighted by Gasteiger charge is 2.37. The zero-order valence-electron chi connectivity index (χ0n) is 7.32. The van der Waals surface area contributed by atoms with Gasteiger partial charge in [-0.25, -0.2) is 0 Å². The molecule has 2 aliphatic heterocycles. The summed E-state index contributed by atoms with van der Waals surface area (Å²) in [6, 6.07) is 0. The van der Waals surface area contributed by atoms with Gasteiger partial charge in [0.2, 0.25) is 0 Å². The van der Waals surface area contributed by atoms with Crippen LogP contribution >= 0.6 is 0 Å². The topological polar surface area (TPSA) is 35.8 Å². The van der Waals surface area contributed by atoms with Crippen LogP contribution in [0.5, 0.6) is 0 Å². The lowest BCUT2D eigenvalue weighted by molar-refractivity contribution is -0.0679. The van der Waals surface area contributed by atoms with Crippen molar-refractivity contribution in [2.75, 3.05) is 13.1 Å². The zero-order chi connectivity index (χ0) is 8.60. The molecule has 0 aliphatic carbocycles. The smallest absolute Gasteiger partial charge is 0.0967 e. The molecular formula is C9H14N2O. The summed E-state index contributed by atoms with van der Waals surface area (Å²) in [6.45, 7) is 3.39. The molecule has 0 aromatic rings. The minimum Gasteiger partial charge on any atom is -0.386 e. The van der Waals surface area contributed by atoms with Gasteiger partial charge in [-0.05, 0) is 19.8 Å². The fourth-order valence-corrected chi connectivity index (χ4v) is 1.71. The van der Waals surface area contributed by atoms with Crippen molar-refractivity contribution in [2.45, 2.75) is 25.4 Å². The van der Waals surface area contributed by atoms with E-state index in [0.29, 0.717) is 0 Å². The highest BCUT2D eigenvalue weighted by molar-refractivity contribution is 5.60. The van der Waals surface area contributed by atoms with Crippen LogP contribution in [0.2, 0.25) is 0 Å². The maximum Gasteiger partial charge on any atom is 0.0967 e. The van der Waals surface area contributed by atoms with Crippen LogP contribution < -0.4 is 0 Å². The molecule has 12 heavy (non-hydrogen) atoms. The fraction of sp³-hybridized carbons (Fsp3) is 0.667. The lowest BCUT2D eigenvalue weighted by Crippen LogP contribution is -2.59. The lowest BCUT2D eigenvalue weighted by atomic mass is 9.95. The van der Waals surface area contributed by atoms with E-state index >= 15 is 0 Å². The molecule has 3 heteroatoms. The Balaban J connectivity index is 1.95. The van der Waals surface area contributed by atoms with Gasteiger partial charge in [0.15, 0.2) is 0 Å². The molecule has 0 aromatic carbocycles. The second kappa shape index (κ2) is 2.59. The minimum absolute atomic E-state index is 0.470. The van der Waals surface area contributed by atoms with Gasteiger partial charge in [0.05, 0.1) is 5.60 Å². The molecule has 0 unspecified atom stereocenters. The quantitative estimate of drug-likeness (QED) is 0.624. The molecule has 0 radical (unpaired) electrons. The highest BCUT2D eigenvalue weighted by atomic mass is 16.3. The van der Waals surface area contributed by atoms with Crippen molar-refractivity contribution in [2.24, 2.45) is 4.99 Å². The Labute approximate surface area is 72.4 Å². The van der Waals surface area contributed by atoms with Crippen LogP contribution in [-0.4, -0.2) is 34.9 Å². The number of rotatable bonds is 1. The molecule has 0 amide bonds. The van der Waals surface area contributed by atoms with E-state index in [1.165, 1.54) is 5.70 Å². The summed E-state index contributed by atoms with van der Waals surface area (Å²) in [5, 5.41) is 9.51. The Morgan fingerprint density at radius 2 is 2.33 bits per heavy atom. The number of β-amino-alcohol motifs (C(OH)–C–C–N with tert-alkyl or cyclic N) is 1. The highest BCUT2D eigenvalue weighted by Crippen LogP contribution is 2.27. The van der Waals surface area contributed by atoms with Gasteiger partial charge in [-0.2, -0.15) is 0 Å². The average molecular weight is 166 g/mol. The minimum atomic E-state index is -0.470. The molecule has 2 heterocycles. The van der Waals surface area contributed by atoms with Crippen molar-refractivity contribution in [3.8, 4) is 0 Å². The monoisotopic (exact) mass is 166 g/mol. The summed E-state index contributed by atoms with van der Waals surface area (Å²) in [6.07, 6.45) is 5.93. The fourth-order valence-electron chi connectivity index (χ4n) is 1.71. The third-order valence-electron chi connectivity index (χ3n) is 2.33. The second-order valence-corrected chi connectivity index (χ2v) is 3.84. The average Bonchev–Trinajstić information content (AvgIpc) is 2.02. The molecule has 1 saturated heterocycles. The van der Waals surface area contributed by atoms with Gasteiger partial charge >= 0.3 is 0 Å². The first kappa shape index (κ1) is 7.80. The number of hydrogen-bond acceptors (Lipinski definition) is 3. The number of hydrogen-bond donors (Lipinski definition) is 1. The van der Waals surface area contributed by atoms with E-state index < -0.39 is 5.60 Å².